The fourth-order valence-corrected chi connectivity index (χ4v) is 3.33. The minimum absolute atomic E-state index is 0.0774. The second-order valence-corrected chi connectivity index (χ2v) is 5.95. The Balaban J connectivity index is 1.84. The molecule has 1 aliphatic rings. The van der Waals surface area contributed by atoms with Crippen LogP contribution in [0.2, 0.25) is 0 Å². The SMILES string of the molecule is CCC(=O)c1ccc(CN2C(=O)c3ccccc3C2=O)s1. The van der Waals surface area contributed by atoms with Gasteiger partial charge in [0.25, 0.3) is 11.8 Å². The number of thiophene rings is 1. The van der Waals surface area contributed by atoms with E-state index in [1.54, 1.807) is 36.4 Å². The van der Waals surface area contributed by atoms with E-state index in [-0.39, 0.29) is 24.1 Å². The number of imide groups is 1. The maximum absolute atomic E-state index is 12.3. The van der Waals surface area contributed by atoms with Gasteiger partial charge in [-0.2, -0.15) is 0 Å². The predicted molar refractivity (Wildman–Crippen MR) is 79.6 cm³/mol. The van der Waals surface area contributed by atoms with Crippen molar-refractivity contribution < 1.29 is 14.4 Å². The maximum atomic E-state index is 12.3. The van der Waals surface area contributed by atoms with Crippen LogP contribution in [0.15, 0.2) is 36.4 Å². The molecule has 0 N–H and O–H groups in total. The van der Waals surface area contributed by atoms with Gasteiger partial charge in [0.05, 0.1) is 22.5 Å². The van der Waals surface area contributed by atoms with Crippen LogP contribution in [0.5, 0.6) is 0 Å². The summed E-state index contributed by atoms with van der Waals surface area (Å²) in [7, 11) is 0. The first-order valence-electron chi connectivity index (χ1n) is 6.69. The highest BCUT2D eigenvalue weighted by Gasteiger charge is 2.35. The van der Waals surface area contributed by atoms with Gasteiger partial charge in [-0.15, -0.1) is 11.3 Å². The van der Waals surface area contributed by atoms with E-state index in [4.69, 9.17) is 0 Å². The Labute approximate surface area is 126 Å². The van der Waals surface area contributed by atoms with Crippen molar-refractivity contribution in [3.63, 3.8) is 0 Å². The predicted octanol–water partition coefficient (Wildman–Crippen LogP) is 3.14. The van der Waals surface area contributed by atoms with Crippen LogP contribution in [0.1, 0.15) is 48.6 Å². The zero-order valence-electron chi connectivity index (χ0n) is 11.5. The molecule has 0 radical (unpaired) electrons. The minimum atomic E-state index is -0.271. The van der Waals surface area contributed by atoms with Gasteiger partial charge in [-0.25, -0.2) is 0 Å². The maximum Gasteiger partial charge on any atom is 0.261 e. The van der Waals surface area contributed by atoms with E-state index >= 15 is 0 Å². The number of fused-ring (bicyclic) bond motifs is 1. The molecule has 0 atom stereocenters. The molecule has 0 spiro atoms. The molecule has 106 valence electrons. The van der Waals surface area contributed by atoms with Crippen LogP contribution in [-0.4, -0.2) is 22.5 Å². The smallest absolute Gasteiger partial charge is 0.261 e. The summed E-state index contributed by atoms with van der Waals surface area (Å²) in [6.07, 6.45) is 0.451. The summed E-state index contributed by atoms with van der Waals surface area (Å²) in [5, 5.41) is 0. The summed E-state index contributed by atoms with van der Waals surface area (Å²) in [6.45, 7) is 2.03. The molecule has 3 rings (SSSR count). The number of hydrogen-bond acceptors (Lipinski definition) is 4. The summed E-state index contributed by atoms with van der Waals surface area (Å²) in [5.74, 6) is -0.464. The Morgan fingerprint density at radius 3 is 2.24 bits per heavy atom. The van der Waals surface area contributed by atoms with Gasteiger partial charge in [-0.05, 0) is 24.3 Å². The average Bonchev–Trinajstić information content (AvgIpc) is 3.07. The van der Waals surface area contributed by atoms with Crippen molar-refractivity contribution in [1.29, 1.82) is 0 Å². The molecule has 2 heterocycles. The lowest BCUT2D eigenvalue weighted by molar-refractivity contribution is 0.0643. The Hall–Kier alpha value is -2.27. The molecule has 1 aromatic carbocycles. The Morgan fingerprint density at radius 1 is 1.05 bits per heavy atom. The van der Waals surface area contributed by atoms with Crippen LogP contribution >= 0.6 is 11.3 Å². The third-order valence-electron chi connectivity index (χ3n) is 3.45. The van der Waals surface area contributed by atoms with Crippen molar-refractivity contribution in [3.05, 3.63) is 57.3 Å². The summed E-state index contributed by atoms with van der Waals surface area (Å²) >= 11 is 1.34. The molecule has 2 amide bonds. The Morgan fingerprint density at radius 2 is 1.67 bits per heavy atom. The lowest BCUT2D eigenvalue weighted by Crippen LogP contribution is -2.28. The van der Waals surface area contributed by atoms with E-state index in [9.17, 15) is 14.4 Å². The first kappa shape index (κ1) is 13.7. The number of hydrogen-bond donors (Lipinski definition) is 0. The summed E-state index contributed by atoms with van der Waals surface area (Å²) in [6, 6.07) is 10.4. The van der Waals surface area contributed by atoms with E-state index < -0.39 is 0 Å². The molecule has 0 saturated heterocycles. The molecular formula is C16H13NO3S. The normalized spacial score (nSPS) is 13.7. The second-order valence-electron chi connectivity index (χ2n) is 4.78. The monoisotopic (exact) mass is 299 g/mol. The number of carbonyl (C=O) groups is 3. The first-order chi connectivity index (χ1) is 10.1. The Bertz CT molecular complexity index is 712. The lowest BCUT2D eigenvalue weighted by Gasteiger charge is -2.11. The van der Waals surface area contributed by atoms with Gasteiger partial charge in [0.2, 0.25) is 0 Å². The number of carbonyl (C=O) groups excluding carboxylic acids is 3. The van der Waals surface area contributed by atoms with Crippen molar-refractivity contribution >= 4 is 28.9 Å². The fourth-order valence-electron chi connectivity index (χ4n) is 2.33. The van der Waals surface area contributed by atoms with Crippen LogP contribution in [0.3, 0.4) is 0 Å². The van der Waals surface area contributed by atoms with Gasteiger partial charge >= 0.3 is 0 Å². The van der Waals surface area contributed by atoms with E-state index in [2.05, 4.69) is 0 Å². The van der Waals surface area contributed by atoms with Gasteiger partial charge in [0.1, 0.15) is 0 Å². The molecule has 5 heteroatoms. The van der Waals surface area contributed by atoms with Crippen molar-refractivity contribution in [1.82, 2.24) is 4.90 Å². The third kappa shape index (κ3) is 2.29. The summed E-state index contributed by atoms with van der Waals surface area (Å²) in [5.41, 5.74) is 0.896. The number of nitrogens with zero attached hydrogens (tertiary/aromatic N) is 1. The van der Waals surface area contributed by atoms with Crippen molar-refractivity contribution in [2.45, 2.75) is 19.9 Å². The summed E-state index contributed by atoms with van der Waals surface area (Å²) in [4.78, 5) is 38.9. The number of amides is 2. The number of rotatable bonds is 4. The van der Waals surface area contributed by atoms with E-state index in [1.165, 1.54) is 16.2 Å². The number of Topliss-reactive ketones (excluding diaryl/α,β-unsaturated/α-hetero) is 1. The molecule has 21 heavy (non-hydrogen) atoms. The molecule has 0 unspecified atom stereocenters. The fraction of sp³-hybridized carbons (Fsp3) is 0.188. The van der Waals surface area contributed by atoms with Crippen molar-refractivity contribution in [2.75, 3.05) is 0 Å². The zero-order valence-corrected chi connectivity index (χ0v) is 12.3. The third-order valence-corrected chi connectivity index (χ3v) is 4.56. The highest BCUT2D eigenvalue weighted by atomic mass is 32.1. The first-order valence-corrected chi connectivity index (χ1v) is 7.50. The molecule has 0 aliphatic carbocycles. The second kappa shape index (κ2) is 5.26. The van der Waals surface area contributed by atoms with E-state index in [1.807, 2.05) is 6.92 Å². The van der Waals surface area contributed by atoms with Gasteiger partial charge in [-0.3, -0.25) is 19.3 Å². The minimum Gasteiger partial charge on any atom is -0.293 e. The van der Waals surface area contributed by atoms with Crippen molar-refractivity contribution in [2.24, 2.45) is 0 Å². The molecular weight excluding hydrogens is 286 g/mol. The molecule has 2 aromatic rings. The molecule has 1 aromatic heterocycles. The molecule has 1 aliphatic heterocycles. The zero-order chi connectivity index (χ0) is 15.0. The average molecular weight is 299 g/mol. The number of ketones is 1. The van der Waals surface area contributed by atoms with Gasteiger partial charge in [0, 0.05) is 11.3 Å². The molecule has 0 fully saturated rings. The highest BCUT2D eigenvalue weighted by molar-refractivity contribution is 7.14. The summed E-state index contributed by atoms with van der Waals surface area (Å²) < 4.78 is 0. The largest absolute Gasteiger partial charge is 0.293 e. The van der Waals surface area contributed by atoms with E-state index in [0.29, 0.717) is 22.4 Å². The Kier molecular flexibility index (Phi) is 3.43. The van der Waals surface area contributed by atoms with Gasteiger partial charge < -0.3 is 0 Å². The van der Waals surface area contributed by atoms with Crippen LogP contribution in [0.4, 0.5) is 0 Å². The molecule has 0 bridgehead atoms. The van der Waals surface area contributed by atoms with Crippen molar-refractivity contribution in [3.8, 4) is 0 Å². The van der Waals surface area contributed by atoms with Crippen LogP contribution in [-0.2, 0) is 6.54 Å². The standard InChI is InChI=1S/C16H13NO3S/c1-2-13(18)14-8-7-10(21-14)9-17-15(19)11-5-3-4-6-12(11)16(17)20/h3-8H,2,9H2,1H3. The topological polar surface area (TPSA) is 54.5 Å². The lowest BCUT2D eigenvalue weighted by atomic mass is 10.1. The van der Waals surface area contributed by atoms with Crippen LogP contribution in [0, 0.1) is 0 Å². The number of benzene rings is 1. The van der Waals surface area contributed by atoms with Gasteiger partial charge in [0.15, 0.2) is 5.78 Å². The highest BCUT2D eigenvalue weighted by Crippen LogP contribution is 2.26. The van der Waals surface area contributed by atoms with Crippen LogP contribution in [0.25, 0.3) is 0 Å². The van der Waals surface area contributed by atoms with Crippen LogP contribution < -0.4 is 0 Å². The molecule has 0 saturated carbocycles. The molecule has 4 nitrogen and oxygen atoms in total. The van der Waals surface area contributed by atoms with Gasteiger partial charge in [-0.1, -0.05) is 19.1 Å². The quantitative estimate of drug-likeness (QED) is 0.644. The van der Waals surface area contributed by atoms with E-state index in [0.717, 1.165) is 4.88 Å².